The van der Waals surface area contributed by atoms with Crippen molar-refractivity contribution in [1.82, 2.24) is 0 Å². The van der Waals surface area contributed by atoms with Crippen LogP contribution in [-0.4, -0.2) is 12.1 Å². The lowest BCUT2D eigenvalue weighted by Gasteiger charge is -2.10. The van der Waals surface area contributed by atoms with E-state index in [0.717, 1.165) is 11.1 Å². The number of thiophene rings is 1. The molecule has 0 unspecified atom stereocenters. The number of anilines is 1. The van der Waals surface area contributed by atoms with Gasteiger partial charge in [-0.2, -0.15) is 0 Å². The first-order chi connectivity index (χ1) is 9.40. The van der Waals surface area contributed by atoms with Gasteiger partial charge in [-0.25, -0.2) is 4.79 Å². The zero-order valence-electron chi connectivity index (χ0n) is 12.2. The fraction of sp³-hybridized carbons (Fsp3) is 0.312. The Morgan fingerprint density at radius 1 is 1.25 bits per heavy atom. The van der Waals surface area contributed by atoms with E-state index in [1.807, 2.05) is 25.3 Å². The predicted octanol–water partition coefficient (Wildman–Crippen LogP) is 4.18. The zero-order valence-corrected chi connectivity index (χ0v) is 13.0. The Morgan fingerprint density at radius 3 is 2.55 bits per heavy atom. The number of carbonyl (C=O) groups is 1. The van der Waals surface area contributed by atoms with E-state index in [4.69, 9.17) is 10.5 Å². The van der Waals surface area contributed by atoms with Crippen molar-refractivity contribution in [3.8, 4) is 11.1 Å². The first-order valence-electron chi connectivity index (χ1n) is 6.55. The average Bonchev–Trinajstić information content (AvgIpc) is 2.74. The Balaban J connectivity index is 2.47. The van der Waals surface area contributed by atoms with Gasteiger partial charge in [-0.3, -0.25) is 0 Å². The van der Waals surface area contributed by atoms with Crippen molar-refractivity contribution in [2.45, 2.75) is 33.8 Å². The van der Waals surface area contributed by atoms with Crippen LogP contribution in [0.25, 0.3) is 11.1 Å². The number of hydrogen-bond donors (Lipinski definition) is 1. The number of ether oxygens (including phenoxy) is 1. The van der Waals surface area contributed by atoms with E-state index in [-0.39, 0.29) is 12.1 Å². The van der Waals surface area contributed by atoms with Gasteiger partial charge >= 0.3 is 5.97 Å². The fourth-order valence-electron chi connectivity index (χ4n) is 1.98. The first kappa shape index (κ1) is 14.6. The average molecular weight is 289 g/mol. The van der Waals surface area contributed by atoms with Crippen LogP contribution in [0.3, 0.4) is 0 Å². The summed E-state index contributed by atoms with van der Waals surface area (Å²) in [6, 6.07) is 6.13. The van der Waals surface area contributed by atoms with Crippen LogP contribution in [0.1, 0.15) is 35.3 Å². The Morgan fingerprint density at radius 2 is 1.95 bits per heavy atom. The molecule has 1 heterocycles. The van der Waals surface area contributed by atoms with Gasteiger partial charge in [-0.05, 0) is 44.4 Å². The molecule has 0 amide bonds. The molecule has 0 aliphatic carbocycles. The summed E-state index contributed by atoms with van der Waals surface area (Å²) in [7, 11) is 0. The van der Waals surface area contributed by atoms with E-state index in [1.54, 1.807) is 0 Å². The van der Waals surface area contributed by atoms with E-state index >= 15 is 0 Å². The molecule has 0 atom stereocenters. The molecule has 0 saturated carbocycles. The maximum atomic E-state index is 12.2. The van der Waals surface area contributed by atoms with Crippen LogP contribution in [0.5, 0.6) is 0 Å². The number of hydrogen-bond acceptors (Lipinski definition) is 4. The van der Waals surface area contributed by atoms with Gasteiger partial charge in [0.25, 0.3) is 0 Å². The van der Waals surface area contributed by atoms with Crippen molar-refractivity contribution in [3.05, 3.63) is 40.3 Å². The van der Waals surface area contributed by atoms with Gasteiger partial charge in [0.05, 0.1) is 6.10 Å². The molecule has 1 aromatic carbocycles. The van der Waals surface area contributed by atoms with Gasteiger partial charge in [0.2, 0.25) is 0 Å². The van der Waals surface area contributed by atoms with Crippen LogP contribution in [-0.2, 0) is 4.74 Å². The number of rotatable bonds is 3. The summed E-state index contributed by atoms with van der Waals surface area (Å²) in [5.74, 6) is -0.355. The van der Waals surface area contributed by atoms with Crippen molar-refractivity contribution in [3.63, 3.8) is 0 Å². The summed E-state index contributed by atoms with van der Waals surface area (Å²) in [5.41, 5.74) is 10.7. The molecular weight excluding hydrogens is 270 g/mol. The highest BCUT2D eigenvalue weighted by molar-refractivity contribution is 7.14. The molecule has 3 nitrogen and oxygen atoms in total. The predicted molar refractivity (Wildman–Crippen MR) is 84.2 cm³/mol. The number of esters is 1. The molecule has 2 aromatic rings. The van der Waals surface area contributed by atoms with E-state index in [9.17, 15) is 4.79 Å². The molecule has 106 valence electrons. The van der Waals surface area contributed by atoms with E-state index in [2.05, 4.69) is 26.0 Å². The Hall–Kier alpha value is -1.81. The van der Waals surface area contributed by atoms with Crippen LogP contribution in [0, 0.1) is 13.8 Å². The maximum Gasteiger partial charge on any atom is 0.342 e. The summed E-state index contributed by atoms with van der Waals surface area (Å²) in [6.45, 7) is 7.78. The number of nitrogen functional groups attached to an aromatic ring is 1. The lowest BCUT2D eigenvalue weighted by Crippen LogP contribution is -2.13. The highest BCUT2D eigenvalue weighted by Gasteiger charge is 2.21. The Bertz CT molecular complexity index is 644. The largest absolute Gasteiger partial charge is 0.459 e. The van der Waals surface area contributed by atoms with Crippen molar-refractivity contribution < 1.29 is 9.53 Å². The summed E-state index contributed by atoms with van der Waals surface area (Å²) in [6.07, 6.45) is -0.158. The highest BCUT2D eigenvalue weighted by atomic mass is 32.1. The Labute approximate surface area is 123 Å². The minimum atomic E-state index is -0.355. The molecule has 0 bridgehead atoms. The van der Waals surface area contributed by atoms with Crippen molar-refractivity contribution in [2.24, 2.45) is 0 Å². The highest BCUT2D eigenvalue weighted by Crippen LogP contribution is 2.35. The lowest BCUT2D eigenvalue weighted by molar-refractivity contribution is 0.0380. The van der Waals surface area contributed by atoms with E-state index < -0.39 is 0 Å². The third-order valence-electron chi connectivity index (χ3n) is 3.18. The van der Waals surface area contributed by atoms with E-state index in [1.165, 1.54) is 22.5 Å². The van der Waals surface area contributed by atoms with Crippen LogP contribution in [0.4, 0.5) is 5.00 Å². The van der Waals surface area contributed by atoms with Crippen molar-refractivity contribution in [1.29, 1.82) is 0 Å². The van der Waals surface area contributed by atoms with Gasteiger partial charge in [-0.15, -0.1) is 11.3 Å². The smallest absolute Gasteiger partial charge is 0.342 e. The normalized spacial score (nSPS) is 10.8. The van der Waals surface area contributed by atoms with Crippen LogP contribution < -0.4 is 5.73 Å². The molecule has 0 aliphatic rings. The second-order valence-electron chi connectivity index (χ2n) is 5.14. The quantitative estimate of drug-likeness (QED) is 0.862. The number of carbonyl (C=O) groups excluding carboxylic acids is 1. The molecule has 2 rings (SSSR count). The zero-order chi connectivity index (χ0) is 14.9. The third kappa shape index (κ3) is 2.85. The molecule has 20 heavy (non-hydrogen) atoms. The number of nitrogens with two attached hydrogens (primary N) is 1. The first-order valence-corrected chi connectivity index (χ1v) is 7.43. The molecule has 0 aliphatic heterocycles. The number of benzene rings is 1. The minimum Gasteiger partial charge on any atom is -0.459 e. The standard InChI is InChI=1S/C16H19NO2S/c1-9(2)19-16(18)14-13(8-20-15(14)17)12-6-5-10(3)11(4)7-12/h5-9H,17H2,1-4H3. The van der Waals surface area contributed by atoms with Crippen molar-refractivity contribution in [2.75, 3.05) is 5.73 Å². The molecule has 1 aromatic heterocycles. The SMILES string of the molecule is Cc1ccc(-c2csc(N)c2C(=O)OC(C)C)cc1C. The lowest BCUT2D eigenvalue weighted by atomic mass is 9.99. The second kappa shape index (κ2) is 5.67. The van der Waals surface area contributed by atoms with Crippen LogP contribution >= 0.6 is 11.3 Å². The fourth-order valence-corrected chi connectivity index (χ4v) is 2.79. The third-order valence-corrected chi connectivity index (χ3v) is 4.00. The van der Waals surface area contributed by atoms with Crippen molar-refractivity contribution >= 4 is 22.3 Å². The van der Waals surface area contributed by atoms with Gasteiger partial charge in [-0.1, -0.05) is 18.2 Å². The summed E-state index contributed by atoms with van der Waals surface area (Å²) in [5, 5.41) is 2.42. The molecule has 4 heteroatoms. The summed E-state index contributed by atoms with van der Waals surface area (Å²) >= 11 is 1.37. The maximum absolute atomic E-state index is 12.2. The van der Waals surface area contributed by atoms with Gasteiger partial charge < -0.3 is 10.5 Å². The topological polar surface area (TPSA) is 52.3 Å². The molecular formula is C16H19NO2S. The summed E-state index contributed by atoms with van der Waals surface area (Å²) < 4.78 is 5.28. The Kier molecular flexibility index (Phi) is 4.14. The summed E-state index contributed by atoms with van der Waals surface area (Å²) in [4.78, 5) is 12.2. The minimum absolute atomic E-state index is 0.158. The van der Waals surface area contributed by atoms with Gasteiger partial charge in [0, 0.05) is 10.9 Å². The molecule has 0 fully saturated rings. The number of aryl methyl sites for hydroxylation is 2. The molecule has 0 spiro atoms. The van der Waals surface area contributed by atoms with Gasteiger partial charge in [0.1, 0.15) is 10.6 Å². The van der Waals surface area contributed by atoms with E-state index in [0.29, 0.717) is 10.6 Å². The van der Waals surface area contributed by atoms with Crippen LogP contribution in [0.15, 0.2) is 23.6 Å². The molecule has 0 saturated heterocycles. The molecule has 2 N–H and O–H groups in total. The molecule has 0 radical (unpaired) electrons. The van der Waals surface area contributed by atoms with Crippen LogP contribution in [0.2, 0.25) is 0 Å². The second-order valence-corrected chi connectivity index (χ2v) is 6.05. The van der Waals surface area contributed by atoms with Gasteiger partial charge in [0.15, 0.2) is 0 Å². The monoisotopic (exact) mass is 289 g/mol.